The lowest BCUT2D eigenvalue weighted by Crippen LogP contribution is -2.53. The summed E-state index contributed by atoms with van der Waals surface area (Å²) in [5, 5.41) is 2.98. The first kappa shape index (κ1) is 21.9. The summed E-state index contributed by atoms with van der Waals surface area (Å²) in [7, 11) is 0. The molecule has 0 radical (unpaired) electrons. The molecule has 2 amide bonds. The van der Waals surface area contributed by atoms with Crippen molar-refractivity contribution in [2.45, 2.75) is 39.2 Å². The van der Waals surface area contributed by atoms with Crippen molar-refractivity contribution in [1.29, 1.82) is 0 Å². The Kier molecular flexibility index (Phi) is 7.89. The van der Waals surface area contributed by atoms with Crippen molar-refractivity contribution in [3.05, 3.63) is 66.2 Å². The lowest BCUT2D eigenvalue weighted by molar-refractivity contribution is -0.136. The van der Waals surface area contributed by atoms with Gasteiger partial charge in [0.05, 0.1) is 6.61 Å². The van der Waals surface area contributed by atoms with Crippen molar-refractivity contribution in [1.82, 2.24) is 10.2 Å². The van der Waals surface area contributed by atoms with Crippen LogP contribution in [0.25, 0.3) is 0 Å². The van der Waals surface area contributed by atoms with Crippen LogP contribution in [0.15, 0.2) is 60.7 Å². The Morgan fingerprint density at radius 2 is 1.63 bits per heavy atom. The van der Waals surface area contributed by atoms with E-state index in [-0.39, 0.29) is 17.7 Å². The molecule has 2 aromatic carbocycles. The number of hydrogen-bond acceptors (Lipinski definition) is 3. The van der Waals surface area contributed by atoms with Gasteiger partial charge in [-0.3, -0.25) is 9.59 Å². The third-order valence-electron chi connectivity index (χ3n) is 5.96. The molecule has 2 aromatic rings. The van der Waals surface area contributed by atoms with Crippen LogP contribution in [-0.4, -0.2) is 42.5 Å². The number of rotatable bonds is 8. The molecule has 0 saturated carbocycles. The Morgan fingerprint density at radius 1 is 1.03 bits per heavy atom. The molecule has 0 aromatic heterocycles. The minimum absolute atomic E-state index is 0.0241. The highest BCUT2D eigenvalue weighted by atomic mass is 16.5. The Hall–Kier alpha value is -2.82. The van der Waals surface area contributed by atoms with E-state index in [0.717, 1.165) is 25.0 Å². The van der Waals surface area contributed by atoms with Gasteiger partial charge >= 0.3 is 0 Å². The number of benzene rings is 2. The van der Waals surface area contributed by atoms with Gasteiger partial charge in [-0.05, 0) is 48.9 Å². The molecule has 0 bridgehead atoms. The van der Waals surface area contributed by atoms with E-state index in [1.54, 1.807) is 12.1 Å². The van der Waals surface area contributed by atoms with E-state index in [1.807, 2.05) is 67.3 Å². The largest absolute Gasteiger partial charge is 0.493 e. The molecule has 2 unspecified atom stereocenters. The van der Waals surface area contributed by atoms with Crippen LogP contribution in [-0.2, 0) is 4.79 Å². The average Bonchev–Trinajstić information content (AvgIpc) is 2.81. The van der Waals surface area contributed by atoms with Crippen LogP contribution in [0.3, 0.4) is 0 Å². The van der Waals surface area contributed by atoms with Crippen molar-refractivity contribution in [3.63, 3.8) is 0 Å². The predicted octanol–water partition coefficient (Wildman–Crippen LogP) is 4.15. The van der Waals surface area contributed by atoms with Crippen LogP contribution < -0.4 is 10.1 Å². The Balaban J connectivity index is 1.54. The summed E-state index contributed by atoms with van der Waals surface area (Å²) in [5.74, 6) is 1.23. The number of carbonyl (C=O) groups excluding carboxylic acids is 2. The van der Waals surface area contributed by atoms with Crippen molar-refractivity contribution in [3.8, 4) is 5.75 Å². The molecule has 1 fully saturated rings. The molecular weight excluding hydrogens is 376 g/mol. The maximum absolute atomic E-state index is 13.2. The third kappa shape index (κ3) is 5.85. The molecule has 1 aliphatic rings. The van der Waals surface area contributed by atoms with E-state index in [0.29, 0.717) is 31.2 Å². The number of carbonyl (C=O) groups is 2. The van der Waals surface area contributed by atoms with E-state index in [9.17, 15) is 9.59 Å². The van der Waals surface area contributed by atoms with Crippen LogP contribution in [0, 0.1) is 11.8 Å². The van der Waals surface area contributed by atoms with E-state index in [1.165, 1.54) is 0 Å². The fraction of sp³-hybridized carbons (Fsp3) is 0.440. The number of ether oxygens (including phenoxy) is 1. The molecule has 1 N–H and O–H groups in total. The van der Waals surface area contributed by atoms with Gasteiger partial charge in [-0.1, -0.05) is 56.7 Å². The second-order valence-corrected chi connectivity index (χ2v) is 8.10. The number of amides is 2. The number of hydrogen-bond donors (Lipinski definition) is 1. The van der Waals surface area contributed by atoms with Gasteiger partial charge in [0.15, 0.2) is 0 Å². The SMILES string of the molecule is CCC(C)C(NC(=O)c1ccccc1)C(=O)N1CCC(COc2ccccc2)CC1. The lowest BCUT2D eigenvalue weighted by Gasteiger charge is -2.35. The summed E-state index contributed by atoms with van der Waals surface area (Å²) in [6.45, 7) is 6.15. The molecular formula is C25H32N2O3. The molecule has 5 nitrogen and oxygen atoms in total. The second kappa shape index (κ2) is 10.8. The molecule has 3 rings (SSSR count). The predicted molar refractivity (Wildman–Crippen MR) is 118 cm³/mol. The smallest absolute Gasteiger partial charge is 0.251 e. The topological polar surface area (TPSA) is 58.6 Å². The van der Waals surface area contributed by atoms with Gasteiger partial charge in [0.25, 0.3) is 5.91 Å². The van der Waals surface area contributed by atoms with Gasteiger partial charge in [0.2, 0.25) is 5.91 Å². The highest BCUT2D eigenvalue weighted by molar-refractivity contribution is 5.97. The van der Waals surface area contributed by atoms with E-state index >= 15 is 0 Å². The number of para-hydroxylation sites is 1. The number of nitrogens with zero attached hydrogens (tertiary/aromatic N) is 1. The monoisotopic (exact) mass is 408 g/mol. The van der Waals surface area contributed by atoms with Crippen LogP contribution in [0.1, 0.15) is 43.5 Å². The van der Waals surface area contributed by atoms with E-state index in [4.69, 9.17) is 4.74 Å². The highest BCUT2D eigenvalue weighted by Crippen LogP contribution is 2.21. The lowest BCUT2D eigenvalue weighted by atomic mass is 9.94. The summed E-state index contributed by atoms with van der Waals surface area (Å²) < 4.78 is 5.89. The standard InChI is InChI=1S/C25H32N2O3/c1-3-19(2)23(26-24(28)21-10-6-4-7-11-21)25(29)27-16-14-20(15-17-27)18-30-22-12-8-5-9-13-22/h4-13,19-20,23H,3,14-18H2,1-2H3,(H,26,28). The fourth-order valence-corrected chi connectivity index (χ4v) is 3.74. The van der Waals surface area contributed by atoms with Gasteiger partial charge in [0.1, 0.15) is 11.8 Å². The normalized spacial score (nSPS) is 16.5. The summed E-state index contributed by atoms with van der Waals surface area (Å²) in [4.78, 5) is 27.8. The second-order valence-electron chi connectivity index (χ2n) is 8.10. The molecule has 2 atom stereocenters. The first-order chi connectivity index (χ1) is 14.6. The molecule has 1 heterocycles. The average molecular weight is 409 g/mol. The first-order valence-corrected chi connectivity index (χ1v) is 10.9. The van der Waals surface area contributed by atoms with Gasteiger partial charge in [-0.15, -0.1) is 0 Å². The third-order valence-corrected chi connectivity index (χ3v) is 5.96. The van der Waals surface area contributed by atoms with Crippen LogP contribution in [0.2, 0.25) is 0 Å². The van der Waals surface area contributed by atoms with Crippen LogP contribution in [0.4, 0.5) is 0 Å². The van der Waals surface area contributed by atoms with E-state index in [2.05, 4.69) is 5.32 Å². The maximum atomic E-state index is 13.2. The van der Waals surface area contributed by atoms with Gasteiger partial charge < -0.3 is 15.0 Å². The number of likely N-dealkylation sites (tertiary alicyclic amines) is 1. The Labute approximate surface area is 179 Å². The van der Waals surface area contributed by atoms with Gasteiger partial charge in [-0.2, -0.15) is 0 Å². The highest BCUT2D eigenvalue weighted by Gasteiger charge is 2.32. The number of piperidine rings is 1. The molecule has 30 heavy (non-hydrogen) atoms. The molecule has 0 spiro atoms. The quantitative estimate of drug-likeness (QED) is 0.714. The Morgan fingerprint density at radius 3 is 2.23 bits per heavy atom. The summed E-state index contributed by atoms with van der Waals surface area (Å²) in [5.41, 5.74) is 0.579. The zero-order valence-electron chi connectivity index (χ0n) is 17.9. The van der Waals surface area contributed by atoms with Gasteiger partial charge in [-0.25, -0.2) is 0 Å². The molecule has 160 valence electrons. The van der Waals surface area contributed by atoms with Crippen molar-refractivity contribution >= 4 is 11.8 Å². The zero-order chi connectivity index (χ0) is 21.3. The van der Waals surface area contributed by atoms with Crippen LogP contribution in [0.5, 0.6) is 5.75 Å². The number of nitrogens with one attached hydrogen (secondary N) is 1. The molecule has 0 aliphatic carbocycles. The van der Waals surface area contributed by atoms with Gasteiger partial charge in [0, 0.05) is 18.7 Å². The minimum Gasteiger partial charge on any atom is -0.493 e. The summed E-state index contributed by atoms with van der Waals surface area (Å²) in [6, 6.07) is 18.4. The zero-order valence-corrected chi connectivity index (χ0v) is 17.9. The molecule has 1 saturated heterocycles. The Bertz CT molecular complexity index is 802. The maximum Gasteiger partial charge on any atom is 0.251 e. The summed E-state index contributed by atoms with van der Waals surface area (Å²) >= 11 is 0. The molecule has 1 aliphatic heterocycles. The first-order valence-electron chi connectivity index (χ1n) is 10.9. The summed E-state index contributed by atoms with van der Waals surface area (Å²) in [6.07, 6.45) is 2.66. The minimum atomic E-state index is -0.500. The van der Waals surface area contributed by atoms with E-state index < -0.39 is 6.04 Å². The van der Waals surface area contributed by atoms with Crippen molar-refractivity contribution in [2.75, 3.05) is 19.7 Å². The molecule has 5 heteroatoms. The van der Waals surface area contributed by atoms with Crippen LogP contribution >= 0.6 is 0 Å². The van der Waals surface area contributed by atoms with Crippen molar-refractivity contribution in [2.24, 2.45) is 11.8 Å². The van der Waals surface area contributed by atoms with Crippen molar-refractivity contribution < 1.29 is 14.3 Å². The fourth-order valence-electron chi connectivity index (χ4n) is 3.74.